The molecule has 0 aromatic heterocycles. The lowest BCUT2D eigenvalue weighted by atomic mass is 10.2. The summed E-state index contributed by atoms with van der Waals surface area (Å²) in [7, 11) is 0. The molecule has 12 heavy (non-hydrogen) atoms. The molecule has 0 radical (unpaired) electrons. The summed E-state index contributed by atoms with van der Waals surface area (Å²) < 4.78 is 6.08. The van der Waals surface area contributed by atoms with Gasteiger partial charge in [0.1, 0.15) is 5.76 Å². The van der Waals surface area contributed by atoms with Gasteiger partial charge in [-0.1, -0.05) is 22.6 Å². The van der Waals surface area contributed by atoms with E-state index in [1.807, 2.05) is 6.08 Å². The molecule has 0 aromatic rings. The molecule has 1 aliphatic rings. The monoisotopic (exact) mass is 278 g/mol. The number of carbonyl (C=O) groups is 1. The maximum absolute atomic E-state index is 10.9. The predicted molar refractivity (Wildman–Crippen MR) is 56.1 cm³/mol. The van der Waals surface area contributed by atoms with E-state index in [-0.39, 0.29) is 5.97 Å². The topological polar surface area (TPSA) is 26.3 Å². The molecule has 1 rings (SSSR count). The summed E-state index contributed by atoms with van der Waals surface area (Å²) in [6, 6.07) is 0. The van der Waals surface area contributed by atoms with Crippen molar-refractivity contribution >= 4 is 28.6 Å². The third kappa shape index (κ3) is 2.62. The highest BCUT2D eigenvalue weighted by Gasteiger charge is 2.15. The molecule has 0 bridgehead atoms. The minimum atomic E-state index is -0.212. The van der Waals surface area contributed by atoms with E-state index in [0.717, 1.165) is 17.3 Å². The number of hydrogen-bond donors (Lipinski definition) is 0. The van der Waals surface area contributed by atoms with Gasteiger partial charge in [0.15, 0.2) is 0 Å². The average Bonchev–Trinajstić information content (AvgIpc) is 2.32. The molecule has 2 nitrogen and oxygen atoms in total. The molecular formula is C9H11IO2. The van der Waals surface area contributed by atoms with E-state index in [4.69, 9.17) is 4.74 Å². The molecule has 0 spiro atoms. The van der Waals surface area contributed by atoms with Crippen LogP contribution in [0.4, 0.5) is 0 Å². The van der Waals surface area contributed by atoms with Crippen LogP contribution in [0.25, 0.3) is 0 Å². The summed E-state index contributed by atoms with van der Waals surface area (Å²) in [6.45, 7) is 1.77. The van der Waals surface area contributed by atoms with Gasteiger partial charge in [-0.25, -0.2) is 4.79 Å². The lowest BCUT2D eigenvalue weighted by molar-refractivity contribution is -0.133. The zero-order valence-corrected chi connectivity index (χ0v) is 9.13. The van der Waals surface area contributed by atoms with Crippen LogP contribution < -0.4 is 0 Å². The minimum absolute atomic E-state index is 0.212. The molecule has 0 aromatic carbocycles. The largest absolute Gasteiger partial charge is 0.424 e. The highest BCUT2D eigenvalue weighted by molar-refractivity contribution is 14.1. The number of rotatable bonds is 3. The smallest absolute Gasteiger partial charge is 0.339 e. The van der Waals surface area contributed by atoms with Crippen LogP contribution in [-0.4, -0.2) is 10.4 Å². The molecule has 0 amide bonds. The van der Waals surface area contributed by atoms with Crippen LogP contribution in [-0.2, 0) is 9.53 Å². The molecule has 0 fully saturated rings. The third-order valence-corrected chi connectivity index (χ3v) is 2.34. The Balaban J connectivity index is 2.46. The van der Waals surface area contributed by atoms with E-state index in [0.29, 0.717) is 11.3 Å². The van der Waals surface area contributed by atoms with Crippen molar-refractivity contribution in [3.63, 3.8) is 0 Å². The van der Waals surface area contributed by atoms with Crippen LogP contribution in [0.5, 0.6) is 0 Å². The zero-order chi connectivity index (χ0) is 8.97. The standard InChI is InChI=1S/C9H11IO2/c1-7-6-8(12-9(7)11)4-2-3-5-10/h4,6H,2-3,5H2,1H3/b8-4-. The van der Waals surface area contributed by atoms with Gasteiger partial charge in [0.05, 0.1) is 0 Å². The third-order valence-electron chi connectivity index (χ3n) is 1.57. The second-order valence-corrected chi connectivity index (χ2v) is 3.73. The first kappa shape index (κ1) is 9.77. The summed E-state index contributed by atoms with van der Waals surface area (Å²) in [5, 5.41) is 0. The zero-order valence-electron chi connectivity index (χ0n) is 6.97. The molecule has 0 aliphatic carbocycles. The maximum Gasteiger partial charge on any atom is 0.339 e. The van der Waals surface area contributed by atoms with Crippen LogP contribution in [0.15, 0.2) is 23.5 Å². The van der Waals surface area contributed by atoms with Gasteiger partial charge in [0, 0.05) is 5.57 Å². The van der Waals surface area contributed by atoms with Gasteiger partial charge >= 0.3 is 5.97 Å². The molecule has 1 aliphatic heterocycles. The Kier molecular flexibility index (Phi) is 3.78. The molecule has 3 heteroatoms. The van der Waals surface area contributed by atoms with Crippen molar-refractivity contribution in [1.82, 2.24) is 0 Å². The molecular weight excluding hydrogens is 267 g/mol. The summed E-state index contributed by atoms with van der Waals surface area (Å²) in [5.41, 5.74) is 0.690. The number of unbranched alkanes of at least 4 members (excludes halogenated alkanes) is 1. The van der Waals surface area contributed by atoms with Crippen LogP contribution in [0.3, 0.4) is 0 Å². The van der Waals surface area contributed by atoms with Crippen molar-refractivity contribution < 1.29 is 9.53 Å². The van der Waals surface area contributed by atoms with Crippen LogP contribution >= 0.6 is 22.6 Å². The molecule has 0 atom stereocenters. The summed E-state index contributed by atoms with van der Waals surface area (Å²) in [5.74, 6) is 0.498. The average molecular weight is 278 g/mol. The Bertz CT molecular complexity index is 241. The van der Waals surface area contributed by atoms with Crippen molar-refractivity contribution in [3.8, 4) is 0 Å². The summed E-state index contributed by atoms with van der Waals surface area (Å²) >= 11 is 2.33. The van der Waals surface area contributed by atoms with Gasteiger partial charge in [-0.05, 0) is 36.3 Å². The first-order chi connectivity index (χ1) is 5.74. The number of cyclic esters (lactones) is 1. The van der Waals surface area contributed by atoms with Crippen LogP contribution in [0.1, 0.15) is 19.8 Å². The van der Waals surface area contributed by atoms with Crippen LogP contribution in [0.2, 0.25) is 0 Å². The van der Waals surface area contributed by atoms with Crippen molar-refractivity contribution in [2.45, 2.75) is 19.8 Å². The molecule has 1 heterocycles. The fourth-order valence-corrected chi connectivity index (χ4v) is 1.35. The Hall–Kier alpha value is -0.320. The lowest BCUT2D eigenvalue weighted by Crippen LogP contribution is -1.94. The Labute approximate surface area is 85.8 Å². The Morgan fingerprint density at radius 2 is 2.42 bits per heavy atom. The normalized spacial score (nSPS) is 19.7. The summed E-state index contributed by atoms with van der Waals surface area (Å²) in [4.78, 5) is 10.9. The molecule has 0 saturated heterocycles. The van der Waals surface area contributed by atoms with Gasteiger partial charge in [-0.3, -0.25) is 0 Å². The summed E-state index contributed by atoms with van der Waals surface area (Å²) in [6.07, 6.45) is 5.87. The van der Waals surface area contributed by atoms with Gasteiger partial charge in [0.25, 0.3) is 0 Å². The number of hydrogen-bond acceptors (Lipinski definition) is 2. The first-order valence-electron chi connectivity index (χ1n) is 3.90. The molecule has 0 N–H and O–H groups in total. The SMILES string of the molecule is CC1=C/C(=C/CCCI)OC1=O. The van der Waals surface area contributed by atoms with Crippen molar-refractivity contribution in [2.75, 3.05) is 4.43 Å². The lowest BCUT2D eigenvalue weighted by Gasteiger charge is -1.94. The minimum Gasteiger partial charge on any atom is -0.424 e. The van der Waals surface area contributed by atoms with Crippen molar-refractivity contribution in [2.24, 2.45) is 0 Å². The Morgan fingerprint density at radius 1 is 1.67 bits per heavy atom. The van der Waals surface area contributed by atoms with E-state index in [1.54, 1.807) is 13.0 Å². The van der Waals surface area contributed by atoms with Gasteiger partial charge in [-0.2, -0.15) is 0 Å². The Morgan fingerprint density at radius 3 is 2.92 bits per heavy atom. The van der Waals surface area contributed by atoms with Crippen LogP contribution in [0, 0.1) is 0 Å². The first-order valence-corrected chi connectivity index (χ1v) is 5.43. The second kappa shape index (κ2) is 4.64. The van der Waals surface area contributed by atoms with Gasteiger partial charge in [0.2, 0.25) is 0 Å². The quantitative estimate of drug-likeness (QED) is 0.343. The highest BCUT2D eigenvalue weighted by Crippen LogP contribution is 2.16. The van der Waals surface area contributed by atoms with Gasteiger partial charge < -0.3 is 4.74 Å². The number of allylic oxidation sites excluding steroid dienone is 2. The maximum atomic E-state index is 10.9. The second-order valence-electron chi connectivity index (χ2n) is 2.65. The predicted octanol–water partition coefficient (Wildman–Crippen LogP) is 2.59. The van der Waals surface area contributed by atoms with Gasteiger partial charge in [-0.15, -0.1) is 0 Å². The van der Waals surface area contributed by atoms with E-state index < -0.39 is 0 Å². The number of halogens is 1. The van der Waals surface area contributed by atoms with E-state index in [9.17, 15) is 4.79 Å². The highest BCUT2D eigenvalue weighted by atomic mass is 127. The van der Waals surface area contributed by atoms with E-state index >= 15 is 0 Å². The van der Waals surface area contributed by atoms with Crippen molar-refractivity contribution in [3.05, 3.63) is 23.5 Å². The fraction of sp³-hybridized carbons (Fsp3) is 0.444. The number of carbonyl (C=O) groups excluding carboxylic acids is 1. The molecule has 0 saturated carbocycles. The number of esters is 1. The molecule has 0 unspecified atom stereocenters. The van der Waals surface area contributed by atoms with Crippen molar-refractivity contribution in [1.29, 1.82) is 0 Å². The number of ether oxygens (including phenoxy) is 1. The van der Waals surface area contributed by atoms with E-state index in [2.05, 4.69) is 22.6 Å². The molecule has 66 valence electrons. The van der Waals surface area contributed by atoms with E-state index in [1.165, 1.54) is 0 Å². The fourth-order valence-electron chi connectivity index (χ4n) is 0.911. The number of alkyl halides is 1.